The minimum atomic E-state index is -3.97. The van der Waals surface area contributed by atoms with E-state index in [4.69, 9.17) is 4.52 Å². The van der Waals surface area contributed by atoms with E-state index >= 15 is 0 Å². The summed E-state index contributed by atoms with van der Waals surface area (Å²) in [6.45, 7) is 2.99. The van der Waals surface area contributed by atoms with E-state index in [9.17, 15) is 13.2 Å². The average Bonchev–Trinajstić information content (AvgIpc) is 2.96. The third kappa shape index (κ3) is 2.18. The number of sulfone groups is 1. The van der Waals surface area contributed by atoms with E-state index in [-0.39, 0.29) is 16.3 Å². The molecule has 2 rings (SSSR count). The Morgan fingerprint density at radius 3 is 2.50 bits per heavy atom. The number of hydrogen-bond donors (Lipinski definition) is 0. The summed E-state index contributed by atoms with van der Waals surface area (Å²) in [5.74, 6) is 0.151. The number of rotatable bonds is 2. The summed E-state index contributed by atoms with van der Waals surface area (Å²) < 4.78 is 30.4. The van der Waals surface area contributed by atoms with Crippen molar-refractivity contribution in [2.24, 2.45) is 0 Å². The van der Waals surface area contributed by atoms with Gasteiger partial charge in [-0.15, -0.1) is 5.10 Å². The van der Waals surface area contributed by atoms with Gasteiger partial charge in [-0.3, -0.25) is 0 Å². The number of carbonyl (C=O) groups excluding carboxylic acids is 1. The second kappa shape index (κ2) is 4.71. The Balaban J connectivity index is 2.49. The molecule has 0 aliphatic rings. The third-order valence-electron chi connectivity index (χ3n) is 2.53. The molecule has 0 fully saturated rings. The Morgan fingerprint density at radius 2 is 2.00 bits per heavy atom. The van der Waals surface area contributed by atoms with Gasteiger partial charge in [0.15, 0.2) is 5.76 Å². The lowest BCUT2D eigenvalue weighted by atomic mass is 10.4. The first-order valence-corrected chi connectivity index (χ1v) is 7.04. The Hall–Kier alpha value is -2.23. The molecule has 0 N–H and O–H groups in total. The van der Waals surface area contributed by atoms with E-state index in [1.807, 2.05) is 0 Å². The van der Waals surface area contributed by atoms with Gasteiger partial charge in [-0.2, -0.15) is 4.68 Å². The summed E-state index contributed by atoms with van der Waals surface area (Å²) in [5.41, 5.74) is 0.220. The fourth-order valence-electron chi connectivity index (χ4n) is 1.62. The predicted octanol–water partition coefficient (Wildman–Crippen LogP) is 0.245. The van der Waals surface area contributed by atoms with Crippen molar-refractivity contribution in [1.29, 1.82) is 0 Å². The van der Waals surface area contributed by atoms with E-state index in [1.165, 1.54) is 32.8 Å². The Bertz CT molecular complexity index is 739. The number of aryl methyl sites for hydroxylation is 2. The van der Waals surface area contributed by atoms with Gasteiger partial charge < -0.3 is 9.42 Å². The molecule has 0 aliphatic carbocycles. The topological polar surface area (TPSA) is 111 Å². The van der Waals surface area contributed by atoms with Crippen molar-refractivity contribution in [3.8, 4) is 0 Å². The van der Waals surface area contributed by atoms with Crippen molar-refractivity contribution in [3.63, 3.8) is 0 Å². The van der Waals surface area contributed by atoms with E-state index in [0.29, 0.717) is 0 Å². The van der Waals surface area contributed by atoms with E-state index < -0.39 is 21.0 Å². The van der Waals surface area contributed by atoms with Crippen LogP contribution in [0, 0.1) is 13.8 Å². The first-order chi connectivity index (χ1) is 9.25. The molecule has 9 nitrogen and oxygen atoms in total. The highest BCUT2D eigenvalue weighted by Crippen LogP contribution is 2.24. The molecule has 2 aromatic heterocycles. The molecule has 0 aliphatic heterocycles. The number of nitrogens with zero attached hydrogens (tertiary/aromatic N) is 5. The van der Waals surface area contributed by atoms with Crippen LogP contribution in [0.1, 0.15) is 11.5 Å². The molecule has 1 amide bonds. The average molecular weight is 299 g/mol. The maximum absolute atomic E-state index is 12.4. The summed E-state index contributed by atoms with van der Waals surface area (Å²) in [6.07, 6.45) is 1.05. The Labute approximate surface area is 115 Å². The Kier molecular flexibility index (Phi) is 3.34. The minimum absolute atomic E-state index is 0.0763. The lowest BCUT2D eigenvalue weighted by Crippen LogP contribution is -2.27. The van der Waals surface area contributed by atoms with Gasteiger partial charge in [0.25, 0.3) is 5.16 Å². The molecule has 0 saturated heterocycles. The molecule has 0 bridgehead atoms. The zero-order valence-electron chi connectivity index (χ0n) is 11.4. The second-order valence-electron chi connectivity index (χ2n) is 4.31. The monoisotopic (exact) mass is 299 g/mol. The predicted molar refractivity (Wildman–Crippen MR) is 65.9 cm³/mol. The first kappa shape index (κ1) is 14.2. The minimum Gasteiger partial charge on any atom is -0.360 e. The lowest BCUT2D eigenvalue weighted by molar-refractivity contribution is 0.215. The molecule has 0 unspecified atom stereocenters. The molecule has 2 heterocycles. The van der Waals surface area contributed by atoms with Crippen LogP contribution in [0.15, 0.2) is 20.9 Å². The zero-order valence-corrected chi connectivity index (χ0v) is 12.2. The molecule has 20 heavy (non-hydrogen) atoms. The van der Waals surface area contributed by atoms with E-state index in [0.717, 1.165) is 11.0 Å². The van der Waals surface area contributed by atoms with Crippen LogP contribution < -0.4 is 0 Å². The molecule has 10 heteroatoms. The van der Waals surface area contributed by atoms with Crippen LogP contribution in [-0.2, 0) is 9.84 Å². The van der Waals surface area contributed by atoms with Crippen LogP contribution in [0.25, 0.3) is 0 Å². The van der Waals surface area contributed by atoms with Crippen molar-refractivity contribution < 1.29 is 17.7 Å². The molecular formula is C10H13N5O4S. The number of carbonyl (C=O) groups is 1. The maximum atomic E-state index is 12.4. The standard InChI is InChI=1S/C10H13N5O4S/c1-6-8(7(2)19-13-6)20(17,18)9-11-5-15(12-9)10(16)14(3)4/h5H,1-4H3. The lowest BCUT2D eigenvalue weighted by Gasteiger charge is -2.07. The molecule has 0 aromatic carbocycles. The van der Waals surface area contributed by atoms with E-state index in [1.54, 1.807) is 0 Å². The summed E-state index contributed by atoms with van der Waals surface area (Å²) in [7, 11) is -0.925. The number of amides is 1. The fraction of sp³-hybridized carbons (Fsp3) is 0.400. The molecule has 0 atom stereocenters. The SMILES string of the molecule is Cc1noc(C)c1S(=O)(=O)c1ncn(C(=O)N(C)C)n1. The van der Waals surface area contributed by atoms with Gasteiger partial charge in [0.1, 0.15) is 11.2 Å². The van der Waals surface area contributed by atoms with Crippen LogP contribution in [0.2, 0.25) is 0 Å². The molecule has 2 aromatic rings. The fourth-order valence-corrected chi connectivity index (χ4v) is 3.02. The van der Waals surface area contributed by atoms with Crippen molar-refractivity contribution in [1.82, 2.24) is 24.8 Å². The number of aromatic nitrogens is 4. The highest BCUT2D eigenvalue weighted by Gasteiger charge is 2.30. The Morgan fingerprint density at radius 1 is 1.35 bits per heavy atom. The van der Waals surface area contributed by atoms with Gasteiger partial charge in [0.05, 0.1) is 5.69 Å². The van der Waals surface area contributed by atoms with Gasteiger partial charge in [-0.1, -0.05) is 5.16 Å². The molecular weight excluding hydrogens is 286 g/mol. The van der Waals surface area contributed by atoms with Crippen LogP contribution in [0.4, 0.5) is 4.79 Å². The molecule has 0 radical (unpaired) electrons. The smallest absolute Gasteiger partial charge is 0.345 e. The molecule has 0 saturated carbocycles. The van der Waals surface area contributed by atoms with Gasteiger partial charge in [-0.05, 0) is 13.8 Å². The summed E-state index contributed by atoms with van der Waals surface area (Å²) in [5, 5.41) is 6.81. The largest absolute Gasteiger partial charge is 0.360 e. The van der Waals surface area contributed by atoms with Crippen LogP contribution in [0.3, 0.4) is 0 Å². The highest BCUT2D eigenvalue weighted by atomic mass is 32.2. The van der Waals surface area contributed by atoms with Gasteiger partial charge in [-0.25, -0.2) is 18.2 Å². The van der Waals surface area contributed by atoms with Crippen molar-refractivity contribution in [2.75, 3.05) is 14.1 Å². The van der Waals surface area contributed by atoms with E-state index in [2.05, 4.69) is 15.2 Å². The maximum Gasteiger partial charge on any atom is 0.345 e. The van der Waals surface area contributed by atoms with Crippen LogP contribution in [0.5, 0.6) is 0 Å². The van der Waals surface area contributed by atoms with Crippen LogP contribution >= 0.6 is 0 Å². The van der Waals surface area contributed by atoms with Crippen molar-refractivity contribution in [2.45, 2.75) is 23.9 Å². The molecule has 108 valence electrons. The summed E-state index contributed by atoms with van der Waals surface area (Å²) in [6, 6.07) is -0.502. The van der Waals surface area contributed by atoms with Gasteiger partial charge >= 0.3 is 6.03 Å². The summed E-state index contributed by atoms with van der Waals surface area (Å²) in [4.78, 5) is 16.5. The normalized spacial score (nSPS) is 11.6. The van der Waals surface area contributed by atoms with Gasteiger partial charge in [0.2, 0.25) is 9.84 Å². The first-order valence-electron chi connectivity index (χ1n) is 5.56. The van der Waals surface area contributed by atoms with Crippen LogP contribution in [-0.4, -0.2) is 53.4 Å². The zero-order chi connectivity index (χ0) is 15.1. The second-order valence-corrected chi connectivity index (χ2v) is 6.09. The van der Waals surface area contributed by atoms with Crippen molar-refractivity contribution in [3.05, 3.63) is 17.8 Å². The number of hydrogen-bond acceptors (Lipinski definition) is 7. The molecule has 0 spiro atoms. The highest BCUT2D eigenvalue weighted by molar-refractivity contribution is 7.91. The van der Waals surface area contributed by atoms with Gasteiger partial charge in [0, 0.05) is 14.1 Å². The quantitative estimate of drug-likeness (QED) is 0.781. The summed E-state index contributed by atoms with van der Waals surface area (Å²) >= 11 is 0. The third-order valence-corrected chi connectivity index (χ3v) is 4.31. The van der Waals surface area contributed by atoms with Crippen molar-refractivity contribution >= 4 is 15.9 Å².